The summed E-state index contributed by atoms with van der Waals surface area (Å²) in [6.45, 7) is -0.453. The van der Waals surface area contributed by atoms with E-state index >= 15 is 0 Å². The predicted octanol–water partition coefficient (Wildman–Crippen LogP) is -2.70. The molecular weight excluding hydrogens is 230 g/mol. The Balaban J connectivity index is 2.16. The molecule has 17 heavy (non-hydrogen) atoms. The van der Waals surface area contributed by atoms with E-state index in [0.29, 0.717) is 0 Å². The molecule has 0 radical (unpaired) electrons. The second-order valence-corrected chi connectivity index (χ2v) is 4.04. The van der Waals surface area contributed by atoms with Crippen molar-refractivity contribution < 1.29 is 29.6 Å². The first-order chi connectivity index (χ1) is 8.04. The van der Waals surface area contributed by atoms with Crippen LogP contribution in [-0.4, -0.2) is 58.2 Å². The van der Waals surface area contributed by atoms with E-state index in [1.807, 2.05) is 0 Å². The smallest absolute Gasteiger partial charge is 0.250 e. The van der Waals surface area contributed by atoms with Crippen molar-refractivity contribution >= 4 is 11.8 Å². The lowest BCUT2D eigenvalue weighted by Gasteiger charge is -2.23. The number of aliphatic hydroxyl groups excluding tert-OH is 3. The number of nitrogens with one attached hydrogen (secondary N) is 1. The third kappa shape index (κ3) is 2.09. The largest absolute Gasteiger partial charge is 0.394 e. The molecule has 0 aromatic carbocycles. The third-order valence-corrected chi connectivity index (χ3v) is 2.94. The van der Waals surface area contributed by atoms with Crippen molar-refractivity contribution in [2.24, 2.45) is 5.92 Å². The Morgan fingerprint density at radius 2 is 2.00 bits per heavy atom. The highest BCUT2D eigenvalue weighted by molar-refractivity contribution is 6.05. The molecule has 2 rings (SSSR count). The molecule has 7 heteroatoms. The lowest BCUT2D eigenvalue weighted by Crippen LogP contribution is -2.46. The lowest BCUT2D eigenvalue weighted by molar-refractivity contribution is -0.135. The molecule has 7 nitrogen and oxygen atoms in total. The number of carbonyl (C=O) groups excluding carboxylic acids is 2. The molecule has 1 saturated heterocycles. The number of aliphatic hydroxyl groups is 3. The summed E-state index contributed by atoms with van der Waals surface area (Å²) in [6.07, 6.45) is -1.92. The van der Waals surface area contributed by atoms with Crippen LogP contribution < -0.4 is 5.32 Å². The van der Waals surface area contributed by atoms with Gasteiger partial charge in [-0.2, -0.15) is 0 Å². The quantitative estimate of drug-likeness (QED) is 0.392. The fourth-order valence-corrected chi connectivity index (χ4v) is 2.01. The van der Waals surface area contributed by atoms with Crippen molar-refractivity contribution in [1.82, 2.24) is 5.32 Å². The molecule has 0 aliphatic carbocycles. The summed E-state index contributed by atoms with van der Waals surface area (Å²) in [5, 5.41) is 30.2. The summed E-state index contributed by atoms with van der Waals surface area (Å²) in [4.78, 5) is 22.4. The van der Waals surface area contributed by atoms with E-state index in [1.54, 1.807) is 0 Å². The molecule has 0 bridgehead atoms. The monoisotopic (exact) mass is 243 g/mol. The summed E-state index contributed by atoms with van der Waals surface area (Å²) in [5.74, 6) is -1.97. The Morgan fingerprint density at radius 3 is 2.53 bits per heavy atom. The summed E-state index contributed by atoms with van der Waals surface area (Å²) in [7, 11) is 0. The van der Waals surface area contributed by atoms with Gasteiger partial charge < -0.3 is 20.1 Å². The second-order valence-electron chi connectivity index (χ2n) is 4.04. The minimum absolute atomic E-state index is 0.453. The Kier molecular flexibility index (Phi) is 3.25. The molecule has 0 saturated carbocycles. The van der Waals surface area contributed by atoms with Gasteiger partial charge in [-0.15, -0.1) is 0 Å². The van der Waals surface area contributed by atoms with E-state index in [-0.39, 0.29) is 0 Å². The average molecular weight is 243 g/mol. The van der Waals surface area contributed by atoms with Gasteiger partial charge in [0.05, 0.1) is 12.5 Å². The summed E-state index contributed by atoms with van der Waals surface area (Å²) in [5.41, 5.74) is 0. The Labute approximate surface area is 96.7 Å². The molecule has 94 valence electrons. The number of amides is 2. The SMILES string of the molecule is O=C1C=CC(C2OC(CO)C(O)C2O)C(=O)N1. The van der Waals surface area contributed by atoms with Crippen LogP contribution >= 0.6 is 0 Å². The van der Waals surface area contributed by atoms with E-state index in [1.165, 1.54) is 12.2 Å². The van der Waals surface area contributed by atoms with Gasteiger partial charge in [-0.1, -0.05) is 6.08 Å². The fraction of sp³-hybridized carbons (Fsp3) is 0.600. The first-order valence-electron chi connectivity index (χ1n) is 5.20. The van der Waals surface area contributed by atoms with Crippen LogP contribution in [0.25, 0.3) is 0 Å². The molecule has 2 heterocycles. The van der Waals surface area contributed by atoms with E-state index in [9.17, 15) is 19.8 Å². The van der Waals surface area contributed by atoms with E-state index in [2.05, 4.69) is 5.32 Å². The molecule has 2 aliphatic heterocycles. The molecule has 1 fully saturated rings. The van der Waals surface area contributed by atoms with Crippen molar-refractivity contribution in [2.75, 3.05) is 6.61 Å². The van der Waals surface area contributed by atoms with Gasteiger partial charge in [0.15, 0.2) is 0 Å². The molecule has 2 aliphatic rings. The lowest BCUT2D eigenvalue weighted by atomic mass is 9.93. The molecule has 0 aromatic heterocycles. The highest BCUT2D eigenvalue weighted by Gasteiger charge is 2.47. The number of rotatable bonds is 2. The fourth-order valence-electron chi connectivity index (χ4n) is 2.01. The highest BCUT2D eigenvalue weighted by atomic mass is 16.6. The number of imide groups is 1. The molecule has 0 aromatic rings. The first kappa shape index (κ1) is 12.2. The zero-order chi connectivity index (χ0) is 12.6. The maximum Gasteiger partial charge on any atom is 0.250 e. The minimum atomic E-state index is -1.28. The summed E-state index contributed by atoms with van der Waals surface area (Å²) in [6, 6.07) is 0. The van der Waals surface area contributed by atoms with Gasteiger partial charge in [0.2, 0.25) is 11.8 Å². The van der Waals surface area contributed by atoms with Gasteiger partial charge in [-0.05, 0) is 0 Å². The van der Waals surface area contributed by atoms with Crippen LogP contribution in [0.1, 0.15) is 0 Å². The van der Waals surface area contributed by atoms with Gasteiger partial charge in [0, 0.05) is 6.08 Å². The van der Waals surface area contributed by atoms with Crippen LogP contribution in [0.4, 0.5) is 0 Å². The Bertz CT molecular complexity index is 368. The predicted molar refractivity (Wildman–Crippen MR) is 53.5 cm³/mol. The zero-order valence-corrected chi connectivity index (χ0v) is 8.81. The molecule has 5 atom stereocenters. The average Bonchev–Trinajstić information content (AvgIpc) is 2.57. The van der Waals surface area contributed by atoms with Crippen LogP contribution in [0.3, 0.4) is 0 Å². The van der Waals surface area contributed by atoms with Crippen LogP contribution in [0.2, 0.25) is 0 Å². The van der Waals surface area contributed by atoms with Gasteiger partial charge in [0.1, 0.15) is 24.4 Å². The van der Waals surface area contributed by atoms with E-state index in [0.717, 1.165) is 0 Å². The van der Waals surface area contributed by atoms with Gasteiger partial charge in [-0.3, -0.25) is 14.9 Å². The van der Waals surface area contributed by atoms with Crippen molar-refractivity contribution in [2.45, 2.75) is 24.4 Å². The van der Waals surface area contributed by atoms with Crippen LogP contribution in [0, 0.1) is 5.92 Å². The zero-order valence-electron chi connectivity index (χ0n) is 8.81. The molecule has 0 spiro atoms. The normalized spacial score (nSPS) is 41.7. The Hall–Kier alpha value is -1.28. The van der Waals surface area contributed by atoms with Crippen molar-refractivity contribution in [3.8, 4) is 0 Å². The second kappa shape index (κ2) is 4.53. The standard InChI is InChI=1S/C10H13NO6/c12-3-5-7(14)8(15)9(17-5)4-1-2-6(13)11-10(4)16/h1-2,4-5,7-9,12,14-15H,3H2,(H,11,13,16). The molecular formula is C10H13NO6. The number of hydrogen-bond donors (Lipinski definition) is 4. The van der Waals surface area contributed by atoms with Crippen LogP contribution in [0.15, 0.2) is 12.2 Å². The number of hydrogen-bond acceptors (Lipinski definition) is 6. The molecule has 5 unspecified atom stereocenters. The summed E-state index contributed by atoms with van der Waals surface area (Å²) < 4.78 is 5.21. The van der Waals surface area contributed by atoms with E-state index < -0.39 is 48.8 Å². The van der Waals surface area contributed by atoms with Gasteiger partial charge in [-0.25, -0.2) is 0 Å². The van der Waals surface area contributed by atoms with Crippen molar-refractivity contribution in [3.63, 3.8) is 0 Å². The topological polar surface area (TPSA) is 116 Å². The third-order valence-electron chi connectivity index (χ3n) is 2.94. The van der Waals surface area contributed by atoms with Crippen molar-refractivity contribution in [3.05, 3.63) is 12.2 Å². The van der Waals surface area contributed by atoms with Gasteiger partial charge >= 0.3 is 0 Å². The maximum atomic E-state index is 11.5. The van der Waals surface area contributed by atoms with Crippen molar-refractivity contribution in [1.29, 1.82) is 0 Å². The van der Waals surface area contributed by atoms with Gasteiger partial charge in [0.25, 0.3) is 0 Å². The maximum absolute atomic E-state index is 11.5. The number of carbonyl (C=O) groups is 2. The first-order valence-corrected chi connectivity index (χ1v) is 5.20. The molecule has 4 N–H and O–H groups in total. The van der Waals surface area contributed by atoms with Crippen LogP contribution in [-0.2, 0) is 14.3 Å². The highest BCUT2D eigenvalue weighted by Crippen LogP contribution is 2.28. The van der Waals surface area contributed by atoms with E-state index in [4.69, 9.17) is 9.84 Å². The summed E-state index contributed by atoms with van der Waals surface area (Å²) >= 11 is 0. The molecule has 2 amide bonds. The Morgan fingerprint density at radius 1 is 1.29 bits per heavy atom. The number of ether oxygens (including phenoxy) is 1. The van der Waals surface area contributed by atoms with Crippen LogP contribution in [0.5, 0.6) is 0 Å². The minimum Gasteiger partial charge on any atom is -0.394 e.